The van der Waals surface area contributed by atoms with E-state index >= 15 is 0 Å². The topological polar surface area (TPSA) is 72.5 Å². The van der Waals surface area contributed by atoms with Gasteiger partial charge in [-0.05, 0) is 45.1 Å². The lowest BCUT2D eigenvalue weighted by atomic mass is 9.99. The molecule has 116 valence electrons. The minimum atomic E-state index is -0.797. The number of aromatic hydroxyl groups is 1. The molecule has 2 aromatic carbocycles. The Morgan fingerprint density at radius 2 is 1.95 bits per heavy atom. The lowest BCUT2D eigenvalue weighted by Gasteiger charge is -2.13. The summed E-state index contributed by atoms with van der Waals surface area (Å²) in [6.45, 7) is 0. The number of methoxy groups -OCH3 is 1. The molecule has 0 aliphatic rings. The van der Waals surface area contributed by atoms with Crippen molar-refractivity contribution in [2.45, 2.75) is 18.9 Å². The molecule has 0 aliphatic carbocycles. The molecule has 0 saturated heterocycles. The molecule has 0 aliphatic heterocycles. The summed E-state index contributed by atoms with van der Waals surface area (Å²) in [6.07, 6.45) is 0.958. The van der Waals surface area contributed by atoms with E-state index in [4.69, 9.17) is 5.73 Å². The van der Waals surface area contributed by atoms with Gasteiger partial charge in [0, 0.05) is 6.42 Å². The molecule has 22 heavy (non-hydrogen) atoms. The second kappa shape index (κ2) is 7.42. The first-order valence-corrected chi connectivity index (χ1v) is 7.68. The Morgan fingerprint density at radius 3 is 2.59 bits per heavy atom. The Morgan fingerprint density at radius 1 is 1.27 bits per heavy atom. The number of nitrogens with two attached hydrogens (primary N) is 1. The summed E-state index contributed by atoms with van der Waals surface area (Å²) in [7, 11) is 1.30. The molecule has 0 fully saturated rings. The van der Waals surface area contributed by atoms with Gasteiger partial charge in [-0.1, -0.05) is 36.4 Å². The van der Waals surface area contributed by atoms with Crippen LogP contribution < -0.4 is 5.73 Å². The van der Waals surface area contributed by atoms with Crippen molar-refractivity contribution in [3.8, 4) is 5.75 Å². The van der Waals surface area contributed by atoms with Crippen LogP contribution in [0.1, 0.15) is 16.7 Å². The first-order chi connectivity index (χ1) is 10.5. The maximum atomic E-state index is 11.4. The molecular formula is C17H18BrNO3. The highest BCUT2D eigenvalue weighted by atomic mass is 79.9. The van der Waals surface area contributed by atoms with Crippen LogP contribution in [-0.2, 0) is 22.4 Å². The molecule has 4 nitrogen and oxygen atoms in total. The Hall–Kier alpha value is -1.85. The van der Waals surface area contributed by atoms with Crippen LogP contribution in [0.15, 0.2) is 46.9 Å². The molecule has 0 saturated carbocycles. The third kappa shape index (κ3) is 4.08. The molecule has 1 atom stereocenters. The second-order valence-electron chi connectivity index (χ2n) is 5.08. The summed E-state index contributed by atoms with van der Waals surface area (Å²) >= 11 is 3.35. The van der Waals surface area contributed by atoms with Crippen molar-refractivity contribution in [3.05, 3.63) is 63.6 Å². The van der Waals surface area contributed by atoms with E-state index in [1.54, 1.807) is 0 Å². The number of phenols is 1. The van der Waals surface area contributed by atoms with Crippen molar-refractivity contribution in [2.75, 3.05) is 7.11 Å². The van der Waals surface area contributed by atoms with Gasteiger partial charge in [0.15, 0.2) is 0 Å². The number of halogens is 1. The molecule has 2 aromatic rings. The maximum Gasteiger partial charge on any atom is 0.322 e. The summed E-state index contributed by atoms with van der Waals surface area (Å²) in [5.41, 5.74) is 8.60. The predicted octanol–water partition coefficient (Wildman–Crippen LogP) is 2.79. The lowest BCUT2D eigenvalue weighted by molar-refractivity contribution is -0.142. The van der Waals surface area contributed by atoms with Crippen LogP contribution >= 0.6 is 15.9 Å². The predicted molar refractivity (Wildman–Crippen MR) is 88.8 cm³/mol. The number of rotatable bonds is 5. The molecule has 0 bridgehead atoms. The fourth-order valence-electron chi connectivity index (χ4n) is 2.28. The minimum Gasteiger partial charge on any atom is -0.506 e. The highest BCUT2D eigenvalue weighted by molar-refractivity contribution is 9.10. The van der Waals surface area contributed by atoms with E-state index in [9.17, 15) is 9.90 Å². The molecule has 3 N–H and O–H groups in total. The molecule has 1 unspecified atom stereocenters. The normalized spacial score (nSPS) is 12.0. The van der Waals surface area contributed by atoms with E-state index in [2.05, 4.69) is 20.7 Å². The molecule has 0 amide bonds. The highest BCUT2D eigenvalue weighted by Gasteiger charge is 2.18. The Bertz CT molecular complexity index is 658. The fourth-order valence-corrected chi connectivity index (χ4v) is 2.83. The van der Waals surface area contributed by atoms with Crippen molar-refractivity contribution in [1.29, 1.82) is 0 Å². The summed E-state index contributed by atoms with van der Waals surface area (Å²) in [5, 5.41) is 10.1. The van der Waals surface area contributed by atoms with E-state index in [0.29, 0.717) is 10.0 Å². The SMILES string of the molecule is COC(=O)C(N)Cc1cc(Cc2ccccc2)cc(Br)c1O. The van der Waals surface area contributed by atoms with E-state index in [-0.39, 0.29) is 12.2 Å². The van der Waals surface area contributed by atoms with Gasteiger partial charge in [-0.25, -0.2) is 0 Å². The van der Waals surface area contributed by atoms with Crippen LogP contribution in [0.5, 0.6) is 5.75 Å². The number of ether oxygens (including phenoxy) is 1. The van der Waals surface area contributed by atoms with Crippen molar-refractivity contribution >= 4 is 21.9 Å². The highest BCUT2D eigenvalue weighted by Crippen LogP contribution is 2.31. The fraction of sp³-hybridized carbons (Fsp3) is 0.235. The van der Waals surface area contributed by atoms with Gasteiger partial charge in [-0.3, -0.25) is 4.79 Å². The molecule has 0 radical (unpaired) electrons. The number of hydrogen-bond acceptors (Lipinski definition) is 4. The number of carbonyl (C=O) groups excluding carboxylic acids is 1. The van der Waals surface area contributed by atoms with Crippen LogP contribution in [0, 0.1) is 0 Å². The Labute approximate surface area is 138 Å². The zero-order chi connectivity index (χ0) is 16.1. The monoisotopic (exact) mass is 363 g/mol. The van der Waals surface area contributed by atoms with Crippen molar-refractivity contribution in [1.82, 2.24) is 0 Å². The number of benzene rings is 2. The first-order valence-electron chi connectivity index (χ1n) is 6.89. The first kappa shape index (κ1) is 16.5. The molecular weight excluding hydrogens is 346 g/mol. The molecule has 2 rings (SSSR count). The number of carbonyl (C=O) groups is 1. The lowest BCUT2D eigenvalue weighted by Crippen LogP contribution is -2.33. The average Bonchev–Trinajstić information content (AvgIpc) is 2.52. The maximum absolute atomic E-state index is 11.4. The third-order valence-electron chi connectivity index (χ3n) is 3.40. The van der Waals surface area contributed by atoms with Crippen LogP contribution in [-0.4, -0.2) is 24.2 Å². The van der Waals surface area contributed by atoms with Crippen molar-refractivity contribution < 1.29 is 14.6 Å². The van der Waals surface area contributed by atoms with E-state index < -0.39 is 12.0 Å². The van der Waals surface area contributed by atoms with E-state index in [1.807, 2.05) is 42.5 Å². The quantitative estimate of drug-likeness (QED) is 0.801. The number of hydrogen-bond donors (Lipinski definition) is 2. The van der Waals surface area contributed by atoms with Crippen LogP contribution in [0.2, 0.25) is 0 Å². The zero-order valence-electron chi connectivity index (χ0n) is 12.3. The van der Waals surface area contributed by atoms with Crippen molar-refractivity contribution in [3.63, 3.8) is 0 Å². The van der Waals surface area contributed by atoms with Crippen LogP contribution in [0.3, 0.4) is 0 Å². The minimum absolute atomic E-state index is 0.108. The van der Waals surface area contributed by atoms with E-state index in [1.165, 1.54) is 12.7 Å². The van der Waals surface area contributed by atoms with Gasteiger partial charge in [0.2, 0.25) is 0 Å². The largest absolute Gasteiger partial charge is 0.506 e. The number of esters is 1. The molecule has 5 heteroatoms. The summed E-state index contributed by atoms with van der Waals surface area (Å²) in [6, 6.07) is 13.0. The molecule has 0 aromatic heterocycles. The zero-order valence-corrected chi connectivity index (χ0v) is 13.8. The van der Waals surface area contributed by atoms with Gasteiger partial charge in [-0.15, -0.1) is 0 Å². The van der Waals surface area contributed by atoms with Gasteiger partial charge in [0.1, 0.15) is 11.8 Å². The van der Waals surface area contributed by atoms with Gasteiger partial charge in [-0.2, -0.15) is 0 Å². The van der Waals surface area contributed by atoms with Gasteiger partial charge in [0.25, 0.3) is 0 Å². The van der Waals surface area contributed by atoms with E-state index in [0.717, 1.165) is 12.0 Å². The summed E-state index contributed by atoms with van der Waals surface area (Å²) < 4.78 is 5.21. The van der Waals surface area contributed by atoms with Gasteiger partial charge in [0.05, 0.1) is 11.6 Å². The average molecular weight is 364 g/mol. The molecule has 0 heterocycles. The third-order valence-corrected chi connectivity index (χ3v) is 4.00. The van der Waals surface area contributed by atoms with Crippen LogP contribution in [0.4, 0.5) is 0 Å². The molecule has 0 spiro atoms. The summed E-state index contributed by atoms with van der Waals surface area (Å²) in [5.74, 6) is -0.389. The Kier molecular flexibility index (Phi) is 5.57. The van der Waals surface area contributed by atoms with Crippen molar-refractivity contribution in [2.24, 2.45) is 5.73 Å². The Balaban J connectivity index is 2.25. The second-order valence-corrected chi connectivity index (χ2v) is 5.94. The number of phenolic OH excluding ortho intramolecular Hbond substituents is 1. The summed E-state index contributed by atoms with van der Waals surface area (Å²) in [4.78, 5) is 11.4. The smallest absolute Gasteiger partial charge is 0.322 e. The van der Waals surface area contributed by atoms with Gasteiger partial charge < -0.3 is 15.6 Å². The standard InChI is InChI=1S/C17H18BrNO3/c1-22-17(21)15(19)10-13-8-12(9-14(18)16(13)20)7-11-5-3-2-4-6-11/h2-6,8-9,15,20H,7,10,19H2,1H3. The van der Waals surface area contributed by atoms with Crippen LogP contribution in [0.25, 0.3) is 0 Å². The van der Waals surface area contributed by atoms with Gasteiger partial charge >= 0.3 is 5.97 Å².